The highest BCUT2D eigenvalue weighted by Crippen LogP contribution is 2.59. The summed E-state index contributed by atoms with van der Waals surface area (Å²) >= 11 is 0. The standard InChI is InChI=1S/C42H39NO4/c1-41(2)35-15-9-8-14-31(35)38-33-23-36(43-22-10-11-27(25-43)26-44)37(46-4)24-34(33)40-32(39(38)41)20-21-42(47-40,28-12-6-5-7-13-28)29-16-18-30(45-3)19-17-29/h5-9,12-21,23-24,26,44H,10-11,22,25H2,1-4H3. The van der Waals surface area contributed by atoms with Crippen molar-refractivity contribution in [2.45, 2.75) is 37.7 Å². The van der Waals surface area contributed by atoms with Gasteiger partial charge in [-0.15, -0.1) is 0 Å². The summed E-state index contributed by atoms with van der Waals surface area (Å²) in [5.41, 5.74) is 9.21. The van der Waals surface area contributed by atoms with E-state index in [1.807, 2.05) is 18.2 Å². The molecule has 236 valence electrons. The summed E-state index contributed by atoms with van der Waals surface area (Å²) in [6, 6.07) is 31.9. The second-order valence-corrected chi connectivity index (χ2v) is 13.3. The number of hydrogen-bond acceptors (Lipinski definition) is 5. The van der Waals surface area contributed by atoms with Crippen LogP contribution in [-0.2, 0) is 11.0 Å². The molecule has 3 aliphatic rings. The van der Waals surface area contributed by atoms with Crippen molar-refractivity contribution in [1.82, 2.24) is 0 Å². The summed E-state index contributed by atoms with van der Waals surface area (Å²) in [6.45, 7) is 6.21. The summed E-state index contributed by atoms with van der Waals surface area (Å²) in [7, 11) is 3.43. The van der Waals surface area contributed by atoms with E-state index >= 15 is 0 Å². The predicted octanol–water partition coefficient (Wildman–Crippen LogP) is 9.55. The average molecular weight is 622 g/mol. The molecule has 5 nitrogen and oxygen atoms in total. The van der Waals surface area contributed by atoms with E-state index < -0.39 is 5.60 Å². The molecule has 8 rings (SSSR count). The number of hydrogen-bond donors (Lipinski definition) is 1. The van der Waals surface area contributed by atoms with Gasteiger partial charge in [0.15, 0.2) is 5.60 Å². The Kier molecular flexibility index (Phi) is 6.83. The Balaban J connectivity index is 1.44. The summed E-state index contributed by atoms with van der Waals surface area (Å²) in [6.07, 6.45) is 7.65. The molecule has 0 aromatic heterocycles. The first-order chi connectivity index (χ1) is 22.9. The van der Waals surface area contributed by atoms with Gasteiger partial charge < -0.3 is 24.2 Å². The third-order valence-corrected chi connectivity index (χ3v) is 10.4. The Morgan fingerprint density at radius 2 is 1.60 bits per heavy atom. The fourth-order valence-corrected chi connectivity index (χ4v) is 8.09. The number of aliphatic hydroxyl groups excluding tert-OH is 1. The van der Waals surface area contributed by atoms with E-state index in [1.54, 1.807) is 14.2 Å². The van der Waals surface area contributed by atoms with E-state index in [0.29, 0.717) is 6.54 Å². The average Bonchev–Trinajstić information content (AvgIpc) is 3.38. The molecule has 47 heavy (non-hydrogen) atoms. The highest BCUT2D eigenvalue weighted by Gasteiger charge is 2.44. The third-order valence-electron chi connectivity index (χ3n) is 10.4. The molecule has 5 aromatic carbocycles. The lowest BCUT2D eigenvalue weighted by atomic mass is 9.76. The molecule has 2 aliphatic heterocycles. The topological polar surface area (TPSA) is 51.2 Å². The van der Waals surface area contributed by atoms with Crippen molar-refractivity contribution in [1.29, 1.82) is 0 Å². The zero-order chi connectivity index (χ0) is 32.3. The number of anilines is 1. The summed E-state index contributed by atoms with van der Waals surface area (Å²) in [4.78, 5) is 2.33. The molecule has 0 bridgehead atoms. The molecule has 1 unspecified atom stereocenters. The maximum absolute atomic E-state index is 9.90. The van der Waals surface area contributed by atoms with Gasteiger partial charge in [-0.05, 0) is 76.4 Å². The largest absolute Gasteiger partial charge is 0.516 e. The maximum Gasteiger partial charge on any atom is 0.178 e. The van der Waals surface area contributed by atoms with Crippen LogP contribution in [0.5, 0.6) is 17.2 Å². The van der Waals surface area contributed by atoms with Crippen LogP contribution in [0.4, 0.5) is 5.69 Å². The van der Waals surface area contributed by atoms with Crippen LogP contribution in [-0.4, -0.2) is 32.4 Å². The van der Waals surface area contributed by atoms with Gasteiger partial charge in [-0.25, -0.2) is 0 Å². The SMILES string of the molecule is COc1ccc(C2(c3ccccc3)C=Cc3c4c(c5cc(N6CCCC(=CO)C6)c(OC)cc5c3O2)-c2ccccc2C4(C)C)cc1. The van der Waals surface area contributed by atoms with Gasteiger partial charge in [-0.1, -0.05) is 86.7 Å². The molecule has 1 fully saturated rings. The molecule has 1 N–H and O–H groups in total. The van der Waals surface area contributed by atoms with Crippen molar-refractivity contribution in [3.05, 3.63) is 137 Å². The van der Waals surface area contributed by atoms with Gasteiger partial charge in [0.1, 0.15) is 17.2 Å². The van der Waals surface area contributed by atoms with Crippen LogP contribution in [0.3, 0.4) is 0 Å². The van der Waals surface area contributed by atoms with Gasteiger partial charge in [0, 0.05) is 40.6 Å². The molecule has 0 spiro atoms. The van der Waals surface area contributed by atoms with Crippen molar-refractivity contribution in [2.24, 2.45) is 0 Å². The van der Waals surface area contributed by atoms with Crippen LogP contribution >= 0.6 is 0 Å². The van der Waals surface area contributed by atoms with Crippen molar-refractivity contribution in [2.75, 3.05) is 32.2 Å². The fraction of sp³-hybridized carbons (Fsp3) is 0.238. The van der Waals surface area contributed by atoms with E-state index in [0.717, 1.165) is 75.4 Å². The number of nitrogens with zero attached hydrogens (tertiary/aromatic N) is 1. The zero-order valence-electron chi connectivity index (χ0n) is 27.3. The van der Waals surface area contributed by atoms with Crippen molar-refractivity contribution < 1.29 is 19.3 Å². The van der Waals surface area contributed by atoms with Gasteiger partial charge in [0.05, 0.1) is 26.2 Å². The number of fused-ring (bicyclic) bond motifs is 8. The lowest BCUT2D eigenvalue weighted by molar-refractivity contribution is 0.163. The minimum absolute atomic E-state index is 0.247. The number of methoxy groups -OCH3 is 2. The Hall–Kier alpha value is -5.16. The number of benzene rings is 5. The molecule has 1 atom stereocenters. The first kappa shape index (κ1) is 29.3. The number of aliphatic hydroxyl groups is 1. The summed E-state index contributed by atoms with van der Waals surface area (Å²) in [5, 5.41) is 12.0. The molecule has 2 heterocycles. The Bertz CT molecular complexity index is 2080. The van der Waals surface area contributed by atoms with Crippen molar-refractivity contribution in [3.63, 3.8) is 0 Å². The van der Waals surface area contributed by atoms with Gasteiger partial charge in [0.2, 0.25) is 0 Å². The molecular formula is C42H39NO4. The van der Waals surface area contributed by atoms with Gasteiger partial charge >= 0.3 is 0 Å². The Labute approximate surface area is 276 Å². The molecular weight excluding hydrogens is 582 g/mol. The van der Waals surface area contributed by atoms with Crippen LogP contribution in [0.2, 0.25) is 0 Å². The molecule has 5 aromatic rings. The second kappa shape index (κ2) is 11.0. The first-order valence-electron chi connectivity index (χ1n) is 16.4. The van der Waals surface area contributed by atoms with E-state index in [9.17, 15) is 5.11 Å². The lowest BCUT2D eigenvalue weighted by Gasteiger charge is -2.39. The normalized spacial score (nSPS) is 20.0. The minimum Gasteiger partial charge on any atom is -0.516 e. The monoisotopic (exact) mass is 621 g/mol. The molecule has 0 radical (unpaired) electrons. The third kappa shape index (κ3) is 4.36. The number of rotatable bonds is 5. The van der Waals surface area contributed by atoms with Crippen LogP contribution in [0.15, 0.2) is 109 Å². The van der Waals surface area contributed by atoms with Crippen LogP contribution in [0.1, 0.15) is 54.5 Å². The van der Waals surface area contributed by atoms with Crippen molar-refractivity contribution in [3.8, 4) is 28.4 Å². The second-order valence-electron chi connectivity index (χ2n) is 13.3. The van der Waals surface area contributed by atoms with E-state index in [1.165, 1.54) is 28.5 Å². The van der Waals surface area contributed by atoms with Crippen molar-refractivity contribution >= 4 is 22.5 Å². The molecule has 1 saturated heterocycles. The van der Waals surface area contributed by atoms with E-state index in [2.05, 4.69) is 104 Å². The van der Waals surface area contributed by atoms with Crippen LogP contribution in [0, 0.1) is 0 Å². The minimum atomic E-state index is -0.864. The first-order valence-corrected chi connectivity index (χ1v) is 16.4. The number of piperidine rings is 1. The molecule has 5 heteroatoms. The quantitative estimate of drug-likeness (QED) is 0.198. The van der Waals surface area contributed by atoms with Gasteiger partial charge in [0.25, 0.3) is 0 Å². The van der Waals surface area contributed by atoms with Crippen LogP contribution < -0.4 is 19.1 Å². The molecule has 1 aliphatic carbocycles. The lowest BCUT2D eigenvalue weighted by Crippen LogP contribution is -2.35. The smallest absolute Gasteiger partial charge is 0.178 e. The fourth-order valence-electron chi connectivity index (χ4n) is 8.09. The highest BCUT2D eigenvalue weighted by atomic mass is 16.5. The zero-order valence-corrected chi connectivity index (χ0v) is 27.3. The van der Waals surface area contributed by atoms with E-state index in [-0.39, 0.29) is 5.41 Å². The Morgan fingerprint density at radius 1 is 0.851 bits per heavy atom. The molecule has 0 amide bonds. The Morgan fingerprint density at radius 3 is 2.34 bits per heavy atom. The van der Waals surface area contributed by atoms with Crippen LogP contribution in [0.25, 0.3) is 28.0 Å². The summed E-state index contributed by atoms with van der Waals surface area (Å²) < 4.78 is 19.1. The predicted molar refractivity (Wildman–Crippen MR) is 190 cm³/mol. The number of ether oxygens (including phenoxy) is 3. The van der Waals surface area contributed by atoms with Gasteiger partial charge in [-0.2, -0.15) is 0 Å². The van der Waals surface area contributed by atoms with E-state index in [4.69, 9.17) is 14.2 Å². The molecule has 0 saturated carbocycles. The summed E-state index contributed by atoms with van der Waals surface area (Å²) in [5.74, 6) is 2.44. The maximum atomic E-state index is 9.90. The highest BCUT2D eigenvalue weighted by molar-refractivity contribution is 6.10. The van der Waals surface area contributed by atoms with Gasteiger partial charge in [-0.3, -0.25) is 0 Å².